The van der Waals surface area contributed by atoms with Gasteiger partial charge in [0.1, 0.15) is 5.60 Å². The Balaban J connectivity index is 1.81. The number of amides is 1. The van der Waals surface area contributed by atoms with Crippen LogP contribution in [-0.2, 0) is 4.74 Å². The third-order valence-corrected chi connectivity index (χ3v) is 3.97. The minimum Gasteiger partial charge on any atom is -0.444 e. The maximum atomic E-state index is 12.0. The molecule has 1 saturated carbocycles. The maximum absolute atomic E-state index is 12.0. The van der Waals surface area contributed by atoms with Gasteiger partial charge in [0.2, 0.25) is 0 Å². The number of nitriles is 1. The van der Waals surface area contributed by atoms with Crippen LogP contribution in [0, 0.1) is 17.2 Å². The first-order valence-corrected chi connectivity index (χ1v) is 7.52. The Kier molecular flexibility index (Phi) is 4.54. The predicted molar refractivity (Wildman–Crippen MR) is 76.1 cm³/mol. The van der Waals surface area contributed by atoms with Crippen molar-refractivity contribution in [2.24, 2.45) is 5.92 Å². The molecule has 2 rings (SSSR count). The Labute approximate surface area is 121 Å². The molecule has 5 heteroatoms. The molecule has 0 radical (unpaired) electrons. The largest absolute Gasteiger partial charge is 0.444 e. The Bertz CT molecular complexity index is 397. The van der Waals surface area contributed by atoms with E-state index >= 15 is 0 Å². The van der Waals surface area contributed by atoms with Crippen LogP contribution in [0.2, 0.25) is 0 Å². The highest BCUT2D eigenvalue weighted by Gasteiger charge is 2.34. The van der Waals surface area contributed by atoms with Crippen molar-refractivity contribution in [2.45, 2.75) is 64.1 Å². The SMILES string of the molecule is CC(C)(C)OC(=O)N1CCC(NC2CCCC2C#N)C1. The maximum Gasteiger partial charge on any atom is 0.410 e. The van der Waals surface area contributed by atoms with Crippen LogP contribution in [0.25, 0.3) is 0 Å². The molecule has 5 nitrogen and oxygen atoms in total. The Morgan fingerprint density at radius 2 is 2.10 bits per heavy atom. The summed E-state index contributed by atoms with van der Waals surface area (Å²) in [5.41, 5.74) is -0.444. The number of rotatable bonds is 2. The van der Waals surface area contributed by atoms with Gasteiger partial charge in [0.05, 0.1) is 12.0 Å². The van der Waals surface area contributed by atoms with E-state index < -0.39 is 5.60 Å². The van der Waals surface area contributed by atoms with Crippen LogP contribution < -0.4 is 5.32 Å². The van der Waals surface area contributed by atoms with Gasteiger partial charge in [-0.3, -0.25) is 0 Å². The van der Waals surface area contributed by atoms with Crippen LogP contribution >= 0.6 is 0 Å². The molecule has 0 aromatic heterocycles. The summed E-state index contributed by atoms with van der Waals surface area (Å²) in [6.45, 7) is 7.06. The number of ether oxygens (including phenoxy) is 1. The molecule has 0 bridgehead atoms. The highest BCUT2D eigenvalue weighted by Crippen LogP contribution is 2.26. The van der Waals surface area contributed by atoms with Gasteiger partial charge in [-0.15, -0.1) is 0 Å². The second kappa shape index (κ2) is 6.01. The molecular weight excluding hydrogens is 254 g/mol. The first-order chi connectivity index (χ1) is 9.39. The molecule has 3 unspecified atom stereocenters. The van der Waals surface area contributed by atoms with E-state index in [0.29, 0.717) is 18.6 Å². The zero-order chi connectivity index (χ0) is 14.8. The summed E-state index contributed by atoms with van der Waals surface area (Å²) in [6, 6.07) is 2.97. The number of carbonyl (C=O) groups is 1. The van der Waals surface area contributed by atoms with Gasteiger partial charge in [-0.25, -0.2) is 4.79 Å². The molecule has 2 fully saturated rings. The fourth-order valence-corrected chi connectivity index (χ4v) is 3.01. The first kappa shape index (κ1) is 15.1. The molecule has 1 amide bonds. The highest BCUT2D eigenvalue weighted by atomic mass is 16.6. The molecule has 112 valence electrons. The molecule has 2 aliphatic rings. The van der Waals surface area contributed by atoms with E-state index in [9.17, 15) is 4.79 Å². The van der Waals surface area contributed by atoms with Crippen molar-refractivity contribution in [3.63, 3.8) is 0 Å². The van der Waals surface area contributed by atoms with E-state index in [1.54, 1.807) is 4.90 Å². The van der Waals surface area contributed by atoms with Crippen LogP contribution in [-0.4, -0.2) is 41.8 Å². The summed E-state index contributed by atoms with van der Waals surface area (Å²) in [5.74, 6) is 0.130. The van der Waals surface area contributed by atoms with E-state index in [1.165, 1.54) is 0 Å². The molecule has 1 aliphatic heterocycles. The van der Waals surface area contributed by atoms with E-state index in [2.05, 4.69) is 11.4 Å². The topological polar surface area (TPSA) is 65.4 Å². The molecule has 1 heterocycles. The Morgan fingerprint density at radius 3 is 2.75 bits per heavy atom. The lowest BCUT2D eigenvalue weighted by Crippen LogP contribution is -2.43. The van der Waals surface area contributed by atoms with Crippen molar-refractivity contribution < 1.29 is 9.53 Å². The van der Waals surface area contributed by atoms with Crippen LogP contribution in [0.4, 0.5) is 4.79 Å². The number of carbonyl (C=O) groups excluding carboxylic acids is 1. The second-order valence-electron chi connectivity index (χ2n) is 6.85. The third-order valence-electron chi connectivity index (χ3n) is 3.97. The quantitative estimate of drug-likeness (QED) is 0.842. The van der Waals surface area contributed by atoms with Gasteiger partial charge >= 0.3 is 6.09 Å². The van der Waals surface area contributed by atoms with Crippen molar-refractivity contribution in [3.8, 4) is 6.07 Å². The molecule has 1 saturated heterocycles. The monoisotopic (exact) mass is 279 g/mol. The molecule has 0 aromatic carbocycles. The van der Waals surface area contributed by atoms with Crippen molar-refractivity contribution in [1.82, 2.24) is 10.2 Å². The summed E-state index contributed by atoms with van der Waals surface area (Å²) in [7, 11) is 0. The molecule has 1 N–H and O–H groups in total. The normalized spacial score (nSPS) is 30.3. The third kappa shape index (κ3) is 3.86. The number of hydrogen-bond acceptors (Lipinski definition) is 4. The van der Waals surface area contributed by atoms with Gasteiger partial charge in [-0.2, -0.15) is 5.26 Å². The van der Waals surface area contributed by atoms with E-state index in [1.807, 2.05) is 20.8 Å². The van der Waals surface area contributed by atoms with Gasteiger partial charge in [0.15, 0.2) is 0 Å². The lowest BCUT2D eigenvalue weighted by atomic mass is 10.0. The van der Waals surface area contributed by atoms with Crippen molar-refractivity contribution in [3.05, 3.63) is 0 Å². The highest BCUT2D eigenvalue weighted by molar-refractivity contribution is 5.68. The summed E-state index contributed by atoms with van der Waals surface area (Å²) in [6.07, 6.45) is 3.90. The average molecular weight is 279 g/mol. The molecule has 20 heavy (non-hydrogen) atoms. The van der Waals surface area contributed by atoms with Crippen LogP contribution in [0.5, 0.6) is 0 Å². The van der Waals surface area contributed by atoms with Gasteiger partial charge < -0.3 is 15.0 Å². The molecular formula is C15H25N3O2. The number of nitrogens with one attached hydrogen (secondary N) is 1. The fraction of sp³-hybridized carbons (Fsp3) is 0.867. The van der Waals surface area contributed by atoms with E-state index in [0.717, 1.165) is 32.2 Å². The first-order valence-electron chi connectivity index (χ1n) is 7.52. The van der Waals surface area contributed by atoms with Crippen LogP contribution in [0.3, 0.4) is 0 Å². The van der Waals surface area contributed by atoms with E-state index in [4.69, 9.17) is 10.00 Å². The number of hydrogen-bond donors (Lipinski definition) is 1. The van der Waals surface area contributed by atoms with Crippen molar-refractivity contribution >= 4 is 6.09 Å². The van der Waals surface area contributed by atoms with Gasteiger partial charge in [0.25, 0.3) is 0 Å². The Hall–Kier alpha value is -1.28. The lowest BCUT2D eigenvalue weighted by molar-refractivity contribution is 0.0290. The summed E-state index contributed by atoms with van der Waals surface area (Å²) in [5, 5.41) is 12.7. The smallest absolute Gasteiger partial charge is 0.410 e. The van der Waals surface area contributed by atoms with Gasteiger partial charge in [-0.1, -0.05) is 6.42 Å². The van der Waals surface area contributed by atoms with Gasteiger partial charge in [0, 0.05) is 25.2 Å². The predicted octanol–water partition coefficient (Wildman–Crippen LogP) is 2.28. The summed E-state index contributed by atoms with van der Waals surface area (Å²) in [4.78, 5) is 13.8. The molecule has 0 spiro atoms. The fourth-order valence-electron chi connectivity index (χ4n) is 3.01. The minimum absolute atomic E-state index is 0.130. The lowest BCUT2D eigenvalue weighted by Gasteiger charge is -2.25. The minimum atomic E-state index is -0.444. The zero-order valence-corrected chi connectivity index (χ0v) is 12.7. The summed E-state index contributed by atoms with van der Waals surface area (Å²) >= 11 is 0. The van der Waals surface area contributed by atoms with Crippen molar-refractivity contribution in [1.29, 1.82) is 5.26 Å². The summed E-state index contributed by atoms with van der Waals surface area (Å²) < 4.78 is 5.39. The van der Waals surface area contributed by atoms with Crippen LogP contribution in [0.15, 0.2) is 0 Å². The van der Waals surface area contributed by atoms with Crippen LogP contribution in [0.1, 0.15) is 46.5 Å². The zero-order valence-electron chi connectivity index (χ0n) is 12.7. The Morgan fingerprint density at radius 1 is 1.35 bits per heavy atom. The average Bonchev–Trinajstić information content (AvgIpc) is 2.96. The second-order valence-corrected chi connectivity index (χ2v) is 6.85. The number of nitrogens with zero attached hydrogens (tertiary/aromatic N) is 2. The molecule has 3 atom stereocenters. The standard InChI is InChI=1S/C15H25N3O2/c1-15(2,3)20-14(19)18-8-7-12(10-18)17-13-6-4-5-11(13)9-16/h11-13,17H,4-8,10H2,1-3H3. The van der Waals surface area contributed by atoms with Crippen molar-refractivity contribution in [2.75, 3.05) is 13.1 Å². The molecule has 1 aliphatic carbocycles. The number of likely N-dealkylation sites (tertiary alicyclic amines) is 1. The van der Waals surface area contributed by atoms with Gasteiger partial charge in [-0.05, 0) is 40.0 Å². The molecule has 0 aromatic rings. The van der Waals surface area contributed by atoms with E-state index in [-0.39, 0.29) is 12.0 Å².